The van der Waals surface area contributed by atoms with Gasteiger partial charge in [0.25, 0.3) is 0 Å². The summed E-state index contributed by atoms with van der Waals surface area (Å²) in [6.45, 7) is 0. The molecule has 19 heavy (non-hydrogen) atoms. The van der Waals surface area contributed by atoms with Gasteiger partial charge < -0.3 is 8.75 Å². The minimum absolute atomic E-state index is 0.400. The van der Waals surface area contributed by atoms with E-state index in [0.717, 1.165) is 6.07 Å². The Balaban J connectivity index is 2.31. The van der Waals surface area contributed by atoms with Gasteiger partial charge in [-0.25, -0.2) is 0 Å². The molecule has 102 valence electrons. The van der Waals surface area contributed by atoms with Crippen molar-refractivity contribution >= 4 is 10.1 Å². The topological polar surface area (TPSA) is 48.3 Å². The molecule has 1 heterocycles. The maximum absolute atomic E-state index is 12.2. The molecule has 2 aromatic rings. The van der Waals surface area contributed by atoms with E-state index in [4.69, 9.17) is 0 Å². The van der Waals surface area contributed by atoms with Gasteiger partial charge in [-0.3, -0.25) is 0 Å². The maximum atomic E-state index is 12.2. The first-order valence-electron chi connectivity index (χ1n) is 5.04. The van der Waals surface area contributed by atoms with E-state index < -0.39 is 21.4 Å². The van der Waals surface area contributed by atoms with Gasteiger partial charge in [0.15, 0.2) is 0 Å². The highest BCUT2D eigenvalue weighted by atomic mass is 32.2. The van der Waals surface area contributed by atoms with Crippen LogP contribution in [0, 0.1) is 0 Å². The van der Waals surface area contributed by atoms with Crippen molar-refractivity contribution in [1.29, 1.82) is 0 Å². The Kier molecular flexibility index (Phi) is 3.27. The molecule has 0 aliphatic carbocycles. The highest BCUT2D eigenvalue weighted by molar-refractivity contribution is 7.87. The van der Waals surface area contributed by atoms with Crippen LogP contribution in [0.15, 0.2) is 48.8 Å². The lowest BCUT2D eigenvalue weighted by Crippen LogP contribution is -2.28. The second kappa shape index (κ2) is 4.61. The molecule has 0 radical (unpaired) electrons. The van der Waals surface area contributed by atoms with E-state index in [-0.39, 0.29) is 0 Å². The lowest BCUT2D eigenvalue weighted by Gasteiger charge is -2.10. The number of aromatic nitrogens is 1. The Labute approximate surface area is 107 Å². The zero-order chi connectivity index (χ0) is 14.1. The molecule has 0 saturated carbocycles. The van der Waals surface area contributed by atoms with Gasteiger partial charge in [-0.15, -0.1) is 0 Å². The molecular weight excluding hydrogens is 283 g/mol. The minimum Gasteiger partial charge on any atom is -0.376 e. The SMILES string of the molecule is O=S(=O)(Oc1cccc(-n2cccc2)c1)C(F)(F)F. The Morgan fingerprint density at radius 3 is 2.26 bits per heavy atom. The normalized spacial score (nSPS) is 12.4. The summed E-state index contributed by atoms with van der Waals surface area (Å²) >= 11 is 0. The maximum Gasteiger partial charge on any atom is 0.534 e. The first kappa shape index (κ1) is 13.5. The summed E-state index contributed by atoms with van der Waals surface area (Å²) in [6.07, 6.45) is 3.33. The van der Waals surface area contributed by atoms with Gasteiger partial charge in [-0.1, -0.05) is 6.07 Å². The van der Waals surface area contributed by atoms with Crippen LogP contribution in [0.3, 0.4) is 0 Å². The third kappa shape index (κ3) is 2.90. The van der Waals surface area contributed by atoms with E-state index in [2.05, 4.69) is 4.18 Å². The molecular formula is C11H8F3NO3S. The van der Waals surface area contributed by atoms with E-state index in [1.165, 1.54) is 12.1 Å². The van der Waals surface area contributed by atoms with Crippen LogP contribution in [-0.2, 0) is 10.1 Å². The minimum atomic E-state index is -5.65. The van der Waals surface area contributed by atoms with Crippen LogP contribution in [0.5, 0.6) is 5.75 Å². The van der Waals surface area contributed by atoms with E-state index in [1.807, 2.05) is 0 Å². The molecule has 0 N–H and O–H groups in total. The van der Waals surface area contributed by atoms with Gasteiger partial charge >= 0.3 is 15.6 Å². The van der Waals surface area contributed by atoms with Crippen LogP contribution < -0.4 is 4.18 Å². The van der Waals surface area contributed by atoms with Gasteiger partial charge in [-0.2, -0.15) is 21.6 Å². The third-order valence-electron chi connectivity index (χ3n) is 2.21. The first-order chi connectivity index (χ1) is 8.79. The molecule has 0 aliphatic heterocycles. The summed E-state index contributed by atoms with van der Waals surface area (Å²) in [4.78, 5) is 0. The summed E-state index contributed by atoms with van der Waals surface area (Å²) in [7, 11) is -5.65. The number of alkyl halides is 3. The second-order valence-corrected chi connectivity index (χ2v) is 5.11. The number of rotatable bonds is 3. The van der Waals surface area contributed by atoms with Gasteiger partial charge in [-0.05, 0) is 24.3 Å². The molecule has 0 aliphatic rings. The van der Waals surface area contributed by atoms with Crippen LogP contribution >= 0.6 is 0 Å². The highest BCUT2D eigenvalue weighted by Gasteiger charge is 2.48. The molecule has 0 bridgehead atoms. The zero-order valence-electron chi connectivity index (χ0n) is 9.33. The summed E-state index contributed by atoms with van der Waals surface area (Å²) in [6, 6.07) is 8.78. The van der Waals surface area contributed by atoms with Crippen molar-refractivity contribution in [2.75, 3.05) is 0 Å². The Bertz CT molecular complexity index is 663. The summed E-state index contributed by atoms with van der Waals surface area (Å²) < 4.78 is 63.9. The van der Waals surface area contributed by atoms with Gasteiger partial charge in [0.2, 0.25) is 0 Å². The first-order valence-corrected chi connectivity index (χ1v) is 6.44. The predicted molar refractivity (Wildman–Crippen MR) is 61.4 cm³/mol. The number of nitrogens with zero attached hydrogens (tertiary/aromatic N) is 1. The molecule has 0 fully saturated rings. The summed E-state index contributed by atoms with van der Waals surface area (Å²) in [5.41, 5.74) is -4.96. The fraction of sp³-hybridized carbons (Fsp3) is 0.0909. The van der Waals surface area contributed by atoms with E-state index in [1.54, 1.807) is 35.2 Å². The number of hydrogen-bond acceptors (Lipinski definition) is 3. The van der Waals surface area contributed by atoms with Gasteiger partial charge in [0, 0.05) is 24.1 Å². The van der Waals surface area contributed by atoms with Crippen molar-refractivity contribution in [2.45, 2.75) is 5.51 Å². The third-order valence-corrected chi connectivity index (χ3v) is 3.19. The molecule has 1 aromatic carbocycles. The quantitative estimate of drug-likeness (QED) is 0.645. The average Bonchev–Trinajstić information content (AvgIpc) is 2.80. The second-order valence-electron chi connectivity index (χ2n) is 3.57. The summed E-state index contributed by atoms with van der Waals surface area (Å²) in [5.74, 6) is -0.400. The highest BCUT2D eigenvalue weighted by Crippen LogP contribution is 2.27. The lowest BCUT2D eigenvalue weighted by atomic mass is 10.3. The molecule has 0 amide bonds. The molecule has 1 aromatic heterocycles. The zero-order valence-corrected chi connectivity index (χ0v) is 10.1. The van der Waals surface area contributed by atoms with Crippen molar-refractivity contribution in [1.82, 2.24) is 4.57 Å². The van der Waals surface area contributed by atoms with E-state index in [0.29, 0.717) is 5.69 Å². The van der Waals surface area contributed by atoms with Crippen LogP contribution in [0.2, 0.25) is 0 Å². The van der Waals surface area contributed by atoms with Crippen molar-refractivity contribution in [3.8, 4) is 11.4 Å². The van der Waals surface area contributed by atoms with Crippen molar-refractivity contribution in [3.05, 3.63) is 48.8 Å². The van der Waals surface area contributed by atoms with Crippen LogP contribution in [0.4, 0.5) is 13.2 Å². The molecule has 4 nitrogen and oxygen atoms in total. The van der Waals surface area contributed by atoms with Crippen LogP contribution in [0.1, 0.15) is 0 Å². The van der Waals surface area contributed by atoms with Gasteiger partial charge in [0.1, 0.15) is 5.75 Å². The largest absolute Gasteiger partial charge is 0.534 e. The van der Waals surface area contributed by atoms with E-state index in [9.17, 15) is 21.6 Å². The number of benzene rings is 1. The predicted octanol–water partition coefficient (Wildman–Crippen LogP) is 2.71. The average molecular weight is 291 g/mol. The van der Waals surface area contributed by atoms with Crippen LogP contribution in [0.25, 0.3) is 5.69 Å². The molecule has 2 rings (SSSR count). The van der Waals surface area contributed by atoms with Crippen molar-refractivity contribution in [2.24, 2.45) is 0 Å². The summed E-state index contributed by atoms with van der Waals surface area (Å²) in [5, 5.41) is 0. The molecule has 0 atom stereocenters. The number of halogens is 3. The Morgan fingerprint density at radius 1 is 1.05 bits per heavy atom. The Morgan fingerprint density at radius 2 is 1.68 bits per heavy atom. The lowest BCUT2D eigenvalue weighted by molar-refractivity contribution is -0.0500. The molecule has 0 spiro atoms. The molecule has 0 saturated heterocycles. The van der Waals surface area contributed by atoms with E-state index >= 15 is 0 Å². The fourth-order valence-electron chi connectivity index (χ4n) is 1.38. The van der Waals surface area contributed by atoms with Crippen molar-refractivity contribution in [3.63, 3.8) is 0 Å². The van der Waals surface area contributed by atoms with Crippen molar-refractivity contribution < 1.29 is 25.8 Å². The van der Waals surface area contributed by atoms with Crippen LogP contribution in [-0.4, -0.2) is 18.5 Å². The smallest absolute Gasteiger partial charge is 0.376 e. The Hall–Kier alpha value is -1.96. The monoisotopic (exact) mass is 291 g/mol. The standard InChI is InChI=1S/C11H8F3NO3S/c12-11(13,14)19(16,17)18-10-5-3-4-9(8-10)15-6-1-2-7-15/h1-8H. The molecule has 8 heteroatoms. The number of hydrogen-bond donors (Lipinski definition) is 0. The van der Waals surface area contributed by atoms with Gasteiger partial charge in [0.05, 0.1) is 0 Å². The molecule has 0 unspecified atom stereocenters. The fourth-order valence-corrected chi connectivity index (χ4v) is 1.83.